The van der Waals surface area contributed by atoms with Gasteiger partial charge in [-0.15, -0.1) is 0 Å². The summed E-state index contributed by atoms with van der Waals surface area (Å²) in [6, 6.07) is 15.1. The molecule has 2 aromatic carbocycles. The van der Waals surface area contributed by atoms with Crippen LogP contribution in [0, 0.1) is 5.92 Å². The first kappa shape index (κ1) is 36.8. The molecule has 5 rings (SSSR count). The number of carbonyl (C=O) groups excluding carboxylic acids is 4. The number of aromatic nitrogens is 1. The highest BCUT2D eigenvalue weighted by molar-refractivity contribution is 5.93. The lowest BCUT2D eigenvalue weighted by Gasteiger charge is -2.23. The molecule has 0 saturated carbocycles. The van der Waals surface area contributed by atoms with Gasteiger partial charge in [0.15, 0.2) is 5.69 Å². The molecule has 13 nitrogen and oxygen atoms in total. The zero-order valence-electron chi connectivity index (χ0n) is 29.3. The van der Waals surface area contributed by atoms with E-state index < -0.39 is 35.7 Å². The van der Waals surface area contributed by atoms with Crippen molar-refractivity contribution < 1.29 is 42.5 Å². The van der Waals surface area contributed by atoms with E-state index >= 15 is 0 Å². The molecule has 270 valence electrons. The summed E-state index contributed by atoms with van der Waals surface area (Å²) in [5.41, 5.74) is 3.99. The summed E-state index contributed by atoms with van der Waals surface area (Å²) in [4.78, 5) is 58.7. The lowest BCUT2D eigenvalue weighted by molar-refractivity contribution is -0.151. The van der Waals surface area contributed by atoms with Crippen molar-refractivity contribution in [3.8, 4) is 11.1 Å². The van der Waals surface area contributed by atoms with Gasteiger partial charge in [-0.2, -0.15) is 0 Å². The highest BCUT2D eigenvalue weighted by atomic mass is 16.6. The Kier molecular flexibility index (Phi) is 12.2. The van der Waals surface area contributed by atoms with Crippen LogP contribution >= 0.6 is 0 Å². The van der Waals surface area contributed by atoms with Crippen molar-refractivity contribution in [3.05, 3.63) is 89.7 Å². The summed E-state index contributed by atoms with van der Waals surface area (Å²) in [5.74, 6) is -1.09. The maximum atomic E-state index is 13.4. The molecule has 1 aromatic heterocycles. The van der Waals surface area contributed by atoms with Crippen LogP contribution in [0.15, 0.2) is 76.4 Å². The third-order valence-corrected chi connectivity index (χ3v) is 8.56. The predicted molar refractivity (Wildman–Crippen MR) is 187 cm³/mol. The van der Waals surface area contributed by atoms with Crippen molar-refractivity contribution in [3.63, 3.8) is 0 Å². The normalized spacial score (nSPS) is 17.5. The number of hydrogen-bond donors (Lipinski definition) is 2. The molecular formula is C38H44N4O9. The fourth-order valence-electron chi connectivity index (χ4n) is 5.92. The molecule has 1 aliphatic carbocycles. The Balaban J connectivity index is 1.15. The zero-order valence-corrected chi connectivity index (χ0v) is 29.3. The molecule has 13 heteroatoms. The van der Waals surface area contributed by atoms with Crippen molar-refractivity contribution in [2.75, 3.05) is 19.8 Å². The average Bonchev–Trinajstić information content (AvgIpc) is 3.84. The maximum Gasteiger partial charge on any atom is 0.407 e. The fourth-order valence-corrected chi connectivity index (χ4v) is 5.92. The number of nitrogens with one attached hydrogen (secondary N) is 2. The number of esters is 1. The van der Waals surface area contributed by atoms with E-state index in [0.29, 0.717) is 12.2 Å². The number of carbonyl (C=O) groups is 4. The summed E-state index contributed by atoms with van der Waals surface area (Å²) in [6.07, 6.45) is 4.70. The number of allylic oxidation sites excluding steroid dienone is 1. The Labute approximate surface area is 296 Å². The number of rotatable bonds is 17. The van der Waals surface area contributed by atoms with E-state index in [1.54, 1.807) is 26.8 Å². The summed E-state index contributed by atoms with van der Waals surface area (Å²) < 4.78 is 27.4. The standard InChI is InChI=1S/C38H44N4O9/c1-5-6-7-12-25(17-32(44)39-18-33-40-31(20-48-33)35-42-38(4,22-50-35)21-47-23-43)51-36(45)34(24(2)3)41-37(46)49-19-30-28-15-10-8-13-26(28)27-14-9-11-16-29(27)30/h7-16,20,23-25,30,34H,5-6,17-19,21-22H2,1-4H3,(H,39,44)(H,41,46)/b12-7+/t25-,34+,38-/m1/s1. The number of hydrogen-bond acceptors (Lipinski definition) is 11. The number of nitrogens with zero attached hydrogens (tertiary/aromatic N) is 2. The van der Waals surface area contributed by atoms with Crippen molar-refractivity contribution >= 4 is 30.3 Å². The minimum absolute atomic E-state index is 0.0328. The van der Waals surface area contributed by atoms with Crippen LogP contribution in [0.2, 0.25) is 0 Å². The van der Waals surface area contributed by atoms with Crippen molar-refractivity contribution in [2.24, 2.45) is 10.9 Å². The van der Waals surface area contributed by atoms with Crippen LogP contribution in [-0.4, -0.2) is 72.8 Å². The average molecular weight is 701 g/mol. The molecule has 3 atom stereocenters. The minimum atomic E-state index is -1.01. The molecule has 51 heavy (non-hydrogen) atoms. The molecular weight excluding hydrogens is 656 g/mol. The van der Waals surface area contributed by atoms with E-state index in [1.807, 2.05) is 49.4 Å². The molecule has 0 spiro atoms. The Morgan fingerprint density at radius 2 is 1.78 bits per heavy atom. The molecule has 2 N–H and O–H groups in total. The Hall–Kier alpha value is -5.46. The van der Waals surface area contributed by atoms with Gasteiger partial charge < -0.3 is 34.0 Å². The summed E-state index contributed by atoms with van der Waals surface area (Å²) in [5, 5.41) is 5.41. The van der Waals surface area contributed by atoms with Gasteiger partial charge in [-0.1, -0.05) is 81.8 Å². The van der Waals surface area contributed by atoms with Crippen LogP contribution in [0.4, 0.5) is 4.79 Å². The molecule has 2 aliphatic rings. The Morgan fingerprint density at radius 3 is 2.45 bits per heavy atom. The van der Waals surface area contributed by atoms with Gasteiger partial charge in [0, 0.05) is 5.92 Å². The molecule has 2 amide bonds. The number of fused-ring (bicyclic) bond motifs is 3. The van der Waals surface area contributed by atoms with Gasteiger partial charge in [0.2, 0.25) is 17.7 Å². The molecule has 3 aromatic rings. The van der Waals surface area contributed by atoms with Gasteiger partial charge in [-0.05, 0) is 47.6 Å². The third-order valence-electron chi connectivity index (χ3n) is 8.56. The zero-order chi connectivity index (χ0) is 36.4. The number of ether oxygens (including phenoxy) is 4. The third kappa shape index (κ3) is 9.41. The highest BCUT2D eigenvalue weighted by Gasteiger charge is 2.35. The Morgan fingerprint density at radius 1 is 1.08 bits per heavy atom. The molecule has 0 unspecified atom stereocenters. The molecule has 0 radical (unpaired) electrons. The quantitative estimate of drug-likeness (QED) is 0.0825. The van der Waals surface area contributed by atoms with Crippen LogP contribution in [0.1, 0.15) is 75.6 Å². The maximum absolute atomic E-state index is 13.4. The van der Waals surface area contributed by atoms with Crippen molar-refractivity contribution in [1.29, 1.82) is 0 Å². The predicted octanol–water partition coefficient (Wildman–Crippen LogP) is 5.22. The lowest BCUT2D eigenvalue weighted by atomic mass is 9.98. The molecule has 2 heterocycles. The van der Waals surface area contributed by atoms with Crippen LogP contribution in [0.5, 0.6) is 0 Å². The van der Waals surface area contributed by atoms with Gasteiger partial charge in [-0.25, -0.2) is 19.6 Å². The van der Waals surface area contributed by atoms with Crippen molar-refractivity contribution in [1.82, 2.24) is 15.6 Å². The Bertz CT molecular complexity index is 1720. The van der Waals surface area contributed by atoms with Crippen LogP contribution in [0.25, 0.3) is 11.1 Å². The summed E-state index contributed by atoms with van der Waals surface area (Å²) in [7, 11) is 0. The smallest absolute Gasteiger partial charge is 0.407 e. The largest absolute Gasteiger partial charge is 0.474 e. The highest BCUT2D eigenvalue weighted by Crippen LogP contribution is 2.44. The van der Waals surface area contributed by atoms with E-state index in [4.69, 9.17) is 23.4 Å². The first-order chi connectivity index (χ1) is 24.6. The number of oxazole rings is 1. The van der Waals surface area contributed by atoms with Crippen LogP contribution in [-0.2, 0) is 39.9 Å². The molecule has 1 aliphatic heterocycles. The summed E-state index contributed by atoms with van der Waals surface area (Å²) >= 11 is 0. The van der Waals surface area contributed by atoms with Gasteiger partial charge in [0.05, 0.1) is 13.0 Å². The summed E-state index contributed by atoms with van der Waals surface area (Å²) in [6.45, 7) is 8.06. The monoisotopic (exact) mass is 700 g/mol. The van der Waals surface area contributed by atoms with Gasteiger partial charge in [0.25, 0.3) is 6.47 Å². The van der Waals surface area contributed by atoms with Gasteiger partial charge in [0.1, 0.15) is 43.8 Å². The number of unbranched alkanes of at least 4 members (excludes halogenated alkanes) is 1. The minimum Gasteiger partial charge on any atom is -0.474 e. The van der Waals surface area contributed by atoms with Crippen molar-refractivity contribution in [2.45, 2.75) is 77.1 Å². The van der Waals surface area contributed by atoms with Gasteiger partial charge in [-0.3, -0.25) is 9.59 Å². The SMILES string of the molecule is CCC/C=C/[C@H](CC(=O)NCc1nc(C2=N[C@](C)(COC=O)CO2)co1)OC(=O)[C@@H](NC(=O)OCC1c2ccccc2-c2ccccc21)C(C)C. The van der Waals surface area contributed by atoms with E-state index in [2.05, 4.69) is 32.7 Å². The first-order valence-corrected chi connectivity index (χ1v) is 17.1. The molecule has 0 fully saturated rings. The number of alkyl carbamates (subject to hydrolysis) is 1. The lowest BCUT2D eigenvalue weighted by Crippen LogP contribution is -2.47. The van der Waals surface area contributed by atoms with Crippen LogP contribution in [0.3, 0.4) is 0 Å². The van der Waals surface area contributed by atoms with E-state index in [-0.39, 0.29) is 56.4 Å². The second kappa shape index (κ2) is 17.0. The first-order valence-electron chi connectivity index (χ1n) is 17.1. The van der Waals surface area contributed by atoms with Gasteiger partial charge >= 0.3 is 12.1 Å². The molecule has 0 bridgehead atoms. The van der Waals surface area contributed by atoms with E-state index in [0.717, 1.165) is 35.1 Å². The topological polar surface area (TPSA) is 168 Å². The van der Waals surface area contributed by atoms with E-state index in [1.165, 1.54) is 6.26 Å². The van der Waals surface area contributed by atoms with E-state index in [9.17, 15) is 19.2 Å². The number of aliphatic imine (C=N–C) groups is 1. The second-order valence-corrected chi connectivity index (χ2v) is 13.1. The number of benzene rings is 2. The molecule has 0 saturated heterocycles. The number of amides is 2. The van der Waals surface area contributed by atoms with Crippen LogP contribution < -0.4 is 10.6 Å². The fraction of sp³-hybridized carbons (Fsp3) is 0.421. The second-order valence-electron chi connectivity index (χ2n) is 13.1.